The molecular formula is C14H11Cl2FN2OS. The van der Waals surface area contributed by atoms with Crippen molar-refractivity contribution in [3.63, 3.8) is 0 Å². The second-order valence-electron chi connectivity index (χ2n) is 4.03. The van der Waals surface area contributed by atoms with Crippen molar-refractivity contribution < 1.29 is 9.13 Å². The lowest BCUT2D eigenvalue weighted by atomic mass is 10.3. The van der Waals surface area contributed by atoms with Gasteiger partial charge in [0.15, 0.2) is 10.9 Å². The number of thiocarbonyl (C=S) groups is 1. The predicted octanol–water partition coefficient (Wildman–Crippen LogP) is 4.95. The summed E-state index contributed by atoms with van der Waals surface area (Å²) in [6, 6.07) is 9.72. The Morgan fingerprint density at radius 1 is 1.14 bits per heavy atom. The summed E-state index contributed by atoms with van der Waals surface area (Å²) in [5.74, 6) is -0.00180. The van der Waals surface area contributed by atoms with Gasteiger partial charge in [-0.2, -0.15) is 0 Å². The van der Waals surface area contributed by atoms with E-state index in [4.69, 9.17) is 40.2 Å². The molecule has 2 rings (SSSR count). The molecule has 110 valence electrons. The minimum atomic E-state index is -0.559. The standard InChI is InChI=1S/C14H11Cl2FN2OS/c1-20-12-6-5-8(7-10(12)16)18-14(21)19-11-4-2-3-9(15)13(11)17/h2-7H,1H3,(H2,18,19,21). The minimum absolute atomic E-state index is 0.0234. The van der Waals surface area contributed by atoms with E-state index in [-0.39, 0.29) is 15.8 Å². The molecular weight excluding hydrogens is 334 g/mol. The van der Waals surface area contributed by atoms with Crippen LogP contribution in [0, 0.1) is 5.82 Å². The first-order valence-corrected chi connectivity index (χ1v) is 7.03. The molecule has 2 aromatic rings. The molecule has 3 nitrogen and oxygen atoms in total. The number of hydrogen-bond donors (Lipinski definition) is 2. The Hall–Kier alpha value is -1.56. The fourth-order valence-corrected chi connectivity index (χ4v) is 2.29. The zero-order valence-corrected chi connectivity index (χ0v) is 13.2. The minimum Gasteiger partial charge on any atom is -0.495 e. The first-order chi connectivity index (χ1) is 10.0. The average molecular weight is 345 g/mol. The SMILES string of the molecule is COc1ccc(NC(=S)Nc2cccc(Cl)c2F)cc1Cl. The van der Waals surface area contributed by atoms with E-state index >= 15 is 0 Å². The Morgan fingerprint density at radius 2 is 1.90 bits per heavy atom. The highest BCUT2D eigenvalue weighted by atomic mass is 35.5. The fraction of sp³-hybridized carbons (Fsp3) is 0.0714. The van der Waals surface area contributed by atoms with Crippen LogP contribution in [0.3, 0.4) is 0 Å². The van der Waals surface area contributed by atoms with Crippen molar-refractivity contribution in [2.75, 3.05) is 17.7 Å². The number of rotatable bonds is 3. The molecule has 0 radical (unpaired) electrons. The van der Waals surface area contributed by atoms with Crippen LogP contribution >= 0.6 is 35.4 Å². The maximum atomic E-state index is 13.7. The topological polar surface area (TPSA) is 33.3 Å². The molecule has 0 aromatic heterocycles. The summed E-state index contributed by atoms with van der Waals surface area (Å²) in [5.41, 5.74) is 0.848. The van der Waals surface area contributed by atoms with Gasteiger partial charge in [0.2, 0.25) is 0 Å². The molecule has 0 spiro atoms. The van der Waals surface area contributed by atoms with Crippen LogP contribution < -0.4 is 15.4 Å². The highest BCUT2D eigenvalue weighted by Crippen LogP contribution is 2.27. The third kappa shape index (κ3) is 3.97. The normalized spacial score (nSPS) is 10.1. The van der Waals surface area contributed by atoms with E-state index in [0.717, 1.165) is 0 Å². The Bertz CT molecular complexity index is 682. The van der Waals surface area contributed by atoms with Crippen molar-refractivity contribution >= 4 is 51.9 Å². The third-order valence-corrected chi connectivity index (χ3v) is 3.40. The van der Waals surface area contributed by atoms with Gasteiger partial charge in [0.1, 0.15) is 5.75 Å². The molecule has 21 heavy (non-hydrogen) atoms. The predicted molar refractivity (Wildman–Crippen MR) is 89.3 cm³/mol. The number of nitrogens with one attached hydrogen (secondary N) is 2. The number of methoxy groups -OCH3 is 1. The van der Waals surface area contributed by atoms with Crippen LogP contribution in [0.2, 0.25) is 10.0 Å². The van der Waals surface area contributed by atoms with Crippen LogP contribution in [-0.4, -0.2) is 12.2 Å². The van der Waals surface area contributed by atoms with Crippen LogP contribution in [0.15, 0.2) is 36.4 Å². The zero-order chi connectivity index (χ0) is 15.4. The third-order valence-electron chi connectivity index (χ3n) is 2.61. The van der Waals surface area contributed by atoms with Crippen molar-refractivity contribution in [3.8, 4) is 5.75 Å². The van der Waals surface area contributed by atoms with E-state index in [1.54, 1.807) is 24.3 Å². The van der Waals surface area contributed by atoms with Gasteiger partial charge in [-0.05, 0) is 42.5 Å². The van der Waals surface area contributed by atoms with Crippen molar-refractivity contribution in [1.82, 2.24) is 0 Å². The van der Waals surface area contributed by atoms with Gasteiger partial charge in [-0.15, -0.1) is 0 Å². The number of anilines is 2. The van der Waals surface area contributed by atoms with E-state index in [1.807, 2.05) is 0 Å². The van der Waals surface area contributed by atoms with Gasteiger partial charge in [0, 0.05) is 5.69 Å². The van der Waals surface area contributed by atoms with E-state index in [2.05, 4.69) is 10.6 Å². The summed E-state index contributed by atoms with van der Waals surface area (Å²) < 4.78 is 18.8. The highest BCUT2D eigenvalue weighted by molar-refractivity contribution is 7.80. The molecule has 0 saturated heterocycles. The summed E-state index contributed by atoms with van der Waals surface area (Å²) in [4.78, 5) is 0. The van der Waals surface area contributed by atoms with E-state index < -0.39 is 5.82 Å². The van der Waals surface area contributed by atoms with Crippen molar-refractivity contribution in [2.45, 2.75) is 0 Å². The Labute approximate surface area is 137 Å². The second-order valence-corrected chi connectivity index (χ2v) is 5.25. The lowest BCUT2D eigenvalue weighted by molar-refractivity contribution is 0.415. The number of halogens is 3. The molecule has 0 aliphatic heterocycles. The lowest BCUT2D eigenvalue weighted by Crippen LogP contribution is -2.19. The lowest BCUT2D eigenvalue weighted by Gasteiger charge is -2.12. The second kappa shape index (κ2) is 6.93. The largest absolute Gasteiger partial charge is 0.495 e. The summed E-state index contributed by atoms with van der Waals surface area (Å²) in [5, 5.41) is 6.32. The highest BCUT2D eigenvalue weighted by Gasteiger charge is 2.08. The molecule has 0 atom stereocenters. The molecule has 0 saturated carbocycles. The van der Waals surface area contributed by atoms with Gasteiger partial charge in [-0.1, -0.05) is 29.3 Å². The molecule has 0 bridgehead atoms. The van der Waals surface area contributed by atoms with Gasteiger partial charge in [-0.25, -0.2) is 4.39 Å². The Morgan fingerprint density at radius 3 is 2.57 bits per heavy atom. The fourth-order valence-electron chi connectivity index (χ4n) is 1.63. The summed E-state index contributed by atoms with van der Waals surface area (Å²) in [6.45, 7) is 0. The van der Waals surface area contributed by atoms with Crippen LogP contribution in [0.4, 0.5) is 15.8 Å². The molecule has 0 aliphatic carbocycles. The van der Waals surface area contributed by atoms with Crippen molar-refractivity contribution in [2.24, 2.45) is 0 Å². The van der Waals surface area contributed by atoms with E-state index in [9.17, 15) is 4.39 Å². The van der Waals surface area contributed by atoms with E-state index in [0.29, 0.717) is 16.5 Å². The van der Waals surface area contributed by atoms with Gasteiger partial charge in [-0.3, -0.25) is 0 Å². The van der Waals surface area contributed by atoms with E-state index in [1.165, 1.54) is 19.2 Å². The average Bonchev–Trinajstić information content (AvgIpc) is 2.44. The van der Waals surface area contributed by atoms with Crippen LogP contribution in [0.25, 0.3) is 0 Å². The molecule has 2 N–H and O–H groups in total. The Kier molecular flexibility index (Phi) is 5.22. The van der Waals surface area contributed by atoms with Gasteiger partial charge < -0.3 is 15.4 Å². The molecule has 7 heteroatoms. The van der Waals surface area contributed by atoms with Crippen LogP contribution in [-0.2, 0) is 0 Å². The Balaban J connectivity index is 2.08. The number of hydrogen-bond acceptors (Lipinski definition) is 2. The quantitative estimate of drug-likeness (QED) is 0.771. The maximum Gasteiger partial charge on any atom is 0.175 e. The molecule has 0 fully saturated rings. The monoisotopic (exact) mass is 344 g/mol. The molecule has 0 amide bonds. The van der Waals surface area contributed by atoms with Crippen molar-refractivity contribution in [3.05, 3.63) is 52.3 Å². The maximum absolute atomic E-state index is 13.7. The van der Waals surface area contributed by atoms with Gasteiger partial charge in [0.05, 0.1) is 22.8 Å². The zero-order valence-electron chi connectivity index (χ0n) is 10.9. The summed E-state index contributed by atoms with van der Waals surface area (Å²) in [6.07, 6.45) is 0. The van der Waals surface area contributed by atoms with Crippen LogP contribution in [0.1, 0.15) is 0 Å². The van der Waals surface area contributed by atoms with Crippen molar-refractivity contribution in [1.29, 1.82) is 0 Å². The first kappa shape index (κ1) is 15.8. The number of benzene rings is 2. The smallest absolute Gasteiger partial charge is 0.175 e. The summed E-state index contributed by atoms with van der Waals surface area (Å²) in [7, 11) is 1.53. The first-order valence-electron chi connectivity index (χ1n) is 5.87. The molecule has 0 heterocycles. The van der Waals surface area contributed by atoms with Gasteiger partial charge >= 0.3 is 0 Å². The number of ether oxygens (including phenoxy) is 1. The van der Waals surface area contributed by atoms with Gasteiger partial charge in [0.25, 0.3) is 0 Å². The van der Waals surface area contributed by atoms with Crippen LogP contribution in [0.5, 0.6) is 5.75 Å². The molecule has 0 unspecified atom stereocenters. The molecule has 2 aromatic carbocycles. The summed E-state index contributed by atoms with van der Waals surface area (Å²) >= 11 is 16.8. The molecule has 0 aliphatic rings.